The zero-order chi connectivity index (χ0) is 20.3. The van der Waals surface area contributed by atoms with E-state index < -0.39 is 0 Å². The average molecular weight is 392 g/mol. The molecule has 3 rings (SSSR count). The second kappa shape index (κ2) is 11.2. The van der Waals surface area contributed by atoms with Gasteiger partial charge in [-0.3, -0.25) is 9.59 Å². The van der Waals surface area contributed by atoms with E-state index in [0.717, 1.165) is 54.4 Å². The van der Waals surface area contributed by atoms with Crippen molar-refractivity contribution in [1.29, 1.82) is 0 Å². The SMILES string of the molecule is O=C1CCCCCCCC(=O)OCc2cccc(c2)/C=C\c2cccc(c2)CO1. The second-order valence-corrected chi connectivity index (χ2v) is 7.41. The van der Waals surface area contributed by atoms with Gasteiger partial charge in [0.15, 0.2) is 0 Å². The molecule has 2 aromatic carbocycles. The fraction of sp³-hybridized carbons (Fsp3) is 0.360. The van der Waals surface area contributed by atoms with E-state index in [9.17, 15) is 9.59 Å². The summed E-state index contributed by atoms with van der Waals surface area (Å²) in [5, 5.41) is 0. The van der Waals surface area contributed by atoms with E-state index in [1.54, 1.807) is 0 Å². The monoisotopic (exact) mass is 392 g/mol. The van der Waals surface area contributed by atoms with Gasteiger partial charge in [-0.15, -0.1) is 0 Å². The lowest BCUT2D eigenvalue weighted by molar-refractivity contribution is -0.145. The van der Waals surface area contributed by atoms with Crippen molar-refractivity contribution in [3.63, 3.8) is 0 Å². The Hall–Kier alpha value is -2.88. The van der Waals surface area contributed by atoms with E-state index in [1.165, 1.54) is 0 Å². The van der Waals surface area contributed by atoms with E-state index in [4.69, 9.17) is 9.47 Å². The van der Waals surface area contributed by atoms with Crippen LogP contribution in [0.1, 0.15) is 67.2 Å². The van der Waals surface area contributed by atoms with Gasteiger partial charge >= 0.3 is 11.9 Å². The van der Waals surface area contributed by atoms with Gasteiger partial charge in [0.2, 0.25) is 0 Å². The molecular weight excluding hydrogens is 364 g/mol. The molecule has 4 heteroatoms. The number of carbonyl (C=O) groups is 2. The Bertz CT molecular complexity index is 784. The Labute approximate surface area is 172 Å². The summed E-state index contributed by atoms with van der Waals surface area (Å²) in [4.78, 5) is 23.9. The van der Waals surface area contributed by atoms with Crippen LogP contribution >= 0.6 is 0 Å². The summed E-state index contributed by atoms with van der Waals surface area (Å²) in [5.41, 5.74) is 4.04. The molecule has 0 atom stereocenters. The molecule has 4 nitrogen and oxygen atoms in total. The third-order valence-corrected chi connectivity index (χ3v) is 4.93. The Morgan fingerprint density at radius 3 is 1.52 bits per heavy atom. The van der Waals surface area contributed by atoms with Crippen molar-refractivity contribution in [2.24, 2.45) is 0 Å². The number of hydrogen-bond donors (Lipinski definition) is 0. The number of carbonyl (C=O) groups excluding carboxylic acids is 2. The third-order valence-electron chi connectivity index (χ3n) is 4.93. The molecule has 0 aliphatic carbocycles. The quantitative estimate of drug-likeness (QED) is 0.541. The van der Waals surface area contributed by atoms with Gasteiger partial charge in [-0.1, -0.05) is 67.8 Å². The van der Waals surface area contributed by atoms with Gasteiger partial charge in [-0.05, 0) is 47.2 Å². The van der Waals surface area contributed by atoms with E-state index >= 15 is 0 Å². The van der Waals surface area contributed by atoms with Gasteiger partial charge in [0.1, 0.15) is 13.2 Å². The number of esters is 2. The van der Waals surface area contributed by atoms with Crippen molar-refractivity contribution in [2.75, 3.05) is 0 Å². The zero-order valence-electron chi connectivity index (χ0n) is 16.8. The molecule has 29 heavy (non-hydrogen) atoms. The highest BCUT2D eigenvalue weighted by atomic mass is 16.5. The number of cyclic esters (lactones) is 2. The number of rotatable bonds is 0. The maximum atomic E-state index is 11.9. The summed E-state index contributed by atoms with van der Waals surface area (Å²) < 4.78 is 10.8. The molecular formula is C25H28O4. The van der Waals surface area contributed by atoms with Crippen LogP contribution in [0.3, 0.4) is 0 Å². The van der Waals surface area contributed by atoms with Crippen molar-refractivity contribution in [2.45, 2.75) is 58.2 Å². The van der Waals surface area contributed by atoms with Crippen LogP contribution in [0.5, 0.6) is 0 Å². The van der Waals surface area contributed by atoms with Crippen LogP contribution in [0.4, 0.5) is 0 Å². The highest BCUT2D eigenvalue weighted by Crippen LogP contribution is 2.15. The Balaban J connectivity index is 1.71. The summed E-state index contributed by atoms with van der Waals surface area (Å²) in [5.74, 6) is -0.311. The van der Waals surface area contributed by atoms with Gasteiger partial charge in [-0.25, -0.2) is 0 Å². The van der Waals surface area contributed by atoms with Crippen LogP contribution in [-0.4, -0.2) is 11.9 Å². The predicted molar refractivity (Wildman–Crippen MR) is 114 cm³/mol. The Kier molecular flexibility index (Phi) is 8.05. The van der Waals surface area contributed by atoms with E-state index in [0.29, 0.717) is 26.1 Å². The first kappa shape index (κ1) is 20.8. The molecule has 2 aromatic rings. The van der Waals surface area contributed by atoms with E-state index in [1.807, 2.05) is 60.7 Å². The molecule has 1 heterocycles. The Morgan fingerprint density at radius 1 is 0.586 bits per heavy atom. The van der Waals surface area contributed by atoms with Crippen LogP contribution in [0.2, 0.25) is 0 Å². The van der Waals surface area contributed by atoms with Crippen LogP contribution in [-0.2, 0) is 32.3 Å². The van der Waals surface area contributed by atoms with Crippen LogP contribution in [0.15, 0.2) is 48.5 Å². The van der Waals surface area contributed by atoms with E-state index in [-0.39, 0.29) is 11.9 Å². The first-order chi connectivity index (χ1) is 14.2. The minimum absolute atomic E-state index is 0.155. The molecule has 0 aromatic heterocycles. The molecule has 152 valence electrons. The molecule has 0 unspecified atom stereocenters. The maximum Gasteiger partial charge on any atom is 0.306 e. The van der Waals surface area contributed by atoms with Crippen molar-refractivity contribution in [1.82, 2.24) is 0 Å². The van der Waals surface area contributed by atoms with Crippen LogP contribution in [0, 0.1) is 0 Å². The van der Waals surface area contributed by atoms with Gasteiger partial charge in [-0.2, -0.15) is 0 Å². The zero-order valence-corrected chi connectivity index (χ0v) is 16.8. The molecule has 1 aliphatic rings. The van der Waals surface area contributed by atoms with Crippen molar-refractivity contribution in [3.05, 3.63) is 70.8 Å². The lowest BCUT2D eigenvalue weighted by Gasteiger charge is -2.06. The average Bonchev–Trinajstić information content (AvgIpc) is 2.74. The highest BCUT2D eigenvalue weighted by Gasteiger charge is 2.06. The molecule has 0 amide bonds. The number of hydrogen-bond acceptors (Lipinski definition) is 4. The van der Waals surface area contributed by atoms with E-state index in [2.05, 4.69) is 0 Å². The molecule has 0 fully saturated rings. The summed E-state index contributed by atoms with van der Waals surface area (Å²) in [7, 11) is 0. The van der Waals surface area contributed by atoms with Gasteiger partial charge < -0.3 is 9.47 Å². The van der Waals surface area contributed by atoms with Gasteiger partial charge in [0.05, 0.1) is 0 Å². The molecule has 4 bridgehead atoms. The van der Waals surface area contributed by atoms with Gasteiger partial charge in [0, 0.05) is 12.8 Å². The second-order valence-electron chi connectivity index (χ2n) is 7.41. The van der Waals surface area contributed by atoms with Crippen LogP contribution < -0.4 is 0 Å². The smallest absolute Gasteiger partial charge is 0.306 e. The van der Waals surface area contributed by atoms with Crippen molar-refractivity contribution in [3.8, 4) is 0 Å². The highest BCUT2D eigenvalue weighted by molar-refractivity contribution is 5.71. The molecule has 0 spiro atoms. The third kappa shape index (κ3) is 7.57. The largest absolute Gasteiger partial charge is 0.461 e. The molecule has 0 N–H and O–H groups in total. The first-order valence-corrected chi connectivity index (χ1v) is 10.4. The molecule has 1 aliphatic heterocycles. The predicted octanol–water partition coefficient (Wildman–Crippen LogP) is 5.69. The minimum atomic E-state index is -0.155. The lowest BCUT2D eigenvalue weighted by atomic mass is 10.1. The summed E-state index contributed by atoms with van der Waals surface area (Å²) in [6.45, 7) is 0.602. The van der Waals surface area contributed by atoms with Gasteiger partial charge in [0.25, 0.3) is 0 Å². The molecule has 0 radical (unpaired) electrons. The molecule has 0 saturated carbocycles. The Morgan fingerprint density at radius 2 is 1.03 bits per heavy atom. The number of benzene rings is 2. The minimum Gasteiger partial charge on any atom is -0.461 e. The molecule has 0 saturated heterocycles. The topological polar surface area (TPSA) is 52.6 Å². The fourth-order valence-corrected chi connectivity index (χ4v) is 3.31. The first-order valence-electron chi connectivity index (χ1n) is 10.4. The standard InChI is InChI=1S/C25H28O4/c26-24-12-4-2-1-3-5-13-25(27)29-19-23-11-7-9-21(17-23)15-14-20-8-6-10-22(16-20)18-28-24/h6-11,14-17H,1-5,12-13,18-19H2/b15-14-. The number of fused-ring (bicyclic) bond motifs is 4. The number of ether oxygens (including phenoxy) is 2. The summed E-state index contributed by atoms with van der Waals surface area (Å²) in [6, 6.07) is 16.0. The maximum absolute atomic E-state index is 11.9. The van der Waals surface area contributed by atoms with Crippen molar-refractivity contribution >= 4 is 24.1 Å². The summed E-state index contributed by atoms with van der Waals surface area (Å²) in [6.07, 6.45) is 9.53. The van der Waals surface area contributed by atoms with Crippen LogP contribution in [0.25, 0.3) is 12.2 Å². The fourth-order valence-electron chi connectivity index (χ4n) is 3.31. The summed E-state index contributed by atoms with van der Waals surface area (Å²) >= 11 is 0. The van der Waals surface area contributed by atoms with Crippen molar-refractivity contribution < 1.29 is 19.1 Å². The normalized spacial score (nSPS) is 18.1. The lowest BCUT2D eigenvalue weighted by Crippen LogP contribution is -2.05.